The average Bonchev–Trinajstić information content (AvgIpc) is 3.11. The van der Waals surface area contributed by atoms with Gasteiger partial charge >= 0.3 is 0 Å². The van der Waals surface area contributed by atoms with Crippen LogP contribution in [-0.4, -0.2) is 45.2 Å². The third kappa shape index (κ3) is 3.51. The zero-order chi connectivity index (χ0) is 17.9. The topological polar surface area (TPSA) is 63.1 Å². The molecule has 0 aliphatic carbocycles. The highest BCUT2D eigenvalue weighted by atomic mass is 16.2. The zero-order valence-corrected chi connectivity index (χ0v) is 15.4. The van der Waals surface area contributed by atoms with Crippen LogP contribution in [0.2, 0.25) is 0 Å². The fourth-order valence-electron chi connectivity index (χ4n) is 4.17. The summed E-state index contributed by atoms with van der Waals surface area (Å²) in [5.41, 5.74) is 1.31. The molecule has 6 nitrogen and oxygen atoms in total. The van der Waals surface area contributed by atoms with Crippen molar-refractivity contribution in [3.8, 4) is 0 Å². The third-order valence-corrected chi connectivity index (χ3v) is 5.53. The first-order valence-corrected chi connectivity index (χ1v) is 9.68. The molecule has 1 N–H and O–H groups in total. The van der Waals surface area contributed by atoms with E-state index in [0.717, 1.165) is 57.0 Å². The van der Waals surface area contributed by atoms with Crippen LogP contribution in [0.1, 0.15) is 43.0 Å². The lowest BCUT2D eigenvalue weighted by atomic mass is 9.97. The Morgan fingerprint density at radius 2 is 2.08 bits per heavy atom. The number of aryl methyl sites for hydroxylation is 2. The molecule has 1 fully saturated rings. The maximum absolute atomic E-state index is 12.9. The summed E-state index contributed by atoms with van der Waals surface area (Å²) in [6, 6.07) is 10.7. The zero-order valence-electron chi connectivity index (χ0n) is 15.4. The van der Waals surface area contributed by atoms with Crippen molar-refractivity contribution in [2.75, 3.05) is 19.6 Å². The maximum atomic E-state index is 12.9. The number of hydrogen-bond acceptors (Lipinski definition) is 4. The van der Waals surface area contributed by atoms with Gasteiger partial charge in [0.05, 0.1) is 18.5 Å². The largest absolute Gasteiger partial charge is 0.333 e. The van der Waals surface area contributed by atoms with Crippen LogP contribution < -0.4 is 5.32 Å². The van der Waals surface area contributed by atoms with Crippen LogP contribution in [0.25, 0.3) is 0 Å². The predicted molar refractivity (Wildman–Crippen MR) is 99.6 cm³/mol. The molecule has 2 atom stereocenters. The van der Waals surface area contributed by atoms with Crippen molar-refractivity contribution in [2.45, 2.75) is 45.2 Å². The van der Waals surface area contributed by atoms with Gasteiger partial charge in [-0.25, -0.2) is 0 Å². The minimum Gasteiger partial charge on any atom is -0.333 e. The van der Waals surface area contributed by atoms with Crippen LogP contribution in [-0.2, 0) is 24.2 Å². The van der Waals surface area contributed by atoms with E-state index in [-0.39, 0.29) is 17.9 Å². The van der Waals surface area contributed by atoms with Gasteiger partial charge in [0, 0.05) is 19.5 Å². The second-order valence-electron chi connectivity index (χ2n) is 7.50. The second kappa shape index (κ2) is 7.58. The van der Waals surface area contributed by atoms with E-state index in [9.17, 15) is 4.79 Å². The molecule has 0 unspecified atom stereocenters. The van der Waals surface area contributed by atoms with Crippen LogP contribution in [0.15, 0.2) is 30.3 Å². The van der Waals surface area contributed by atoms with Crippen molar-refractivity contribution in [1.29, 1.82) is 0 Å². The normalized spacial score (nSPS) is 22.9. The molecule has 2 aromatic rings. The molecule has 2 aliphatic heterocycles. The quantitative estimate of drug-likeness (QED) is 0.913. The summed E-state index contributed by atoms with van der Waals surface area (Å²) in [6.45, 7) is 5.33. The van der Waals surface area contributed by atoms with Gasteiger partial charge in [-0.05, 0) is 38.3 Å². The molecule has 1 amide bonds. The Balaban J connectivity index is 1.44. The average molecular weight is 353 g/mol. The molecule has 0 radical (unpaired) electrons. The Kier molecular flexibility index (Phi) is 5.02. The number of fused-ring (bicyclic) bond motifs is 1. The lowest BCUT2D eigenvalue weighted by Crippen LogP contribution is -2.47. The minimum absolute atomic E-state index is 0.114. The molecule has 0 spiro atoms. The van der Waals surface area contributed by atoms with Crippen molar-refractivity contribution in [3.05, 3.63) is 47.5 Å². The van der Waals surface area contributed by atoms with Crippen molar-refractivity contribution < 1.29 is 4.79 Å². The molecule has 1 aromatic heterocycles. The molecule has 4 rings (SSSR count). The Labute approximate surface area is 154 Å². The van der Waals surface area contributed by atoms with E-state index >= 15 is 0 Å². The van der Waals surface area contributed by atoms with E-state index in [2.05, 4.69) is 51.3 Å². The van der Waals surface area contributed by atoms with Crippen molar-refractivity contribution in [2.24, 2.45) is 5.92 Å². The Morgan fingerprint density at radius 1 is 1.23 bits per heavy atom. The van der Waals surface area contributed by atoms with Gasteiger partial charge in [0.25, 0.3) is 0 Å². The monoisotopic (exact) mass is 353 g/mol. The van der Waals surface area contributed by atoms with Gasteiger partial charge in [0.1, 0.15) is 5.82 Å². The first kappa shape index (κ1) is 17.2. The summed E-state index contributed by atoms with van der Waals surface area (Å²) in [5.74, 6) is 2.33. The number of carbonyl (C=O) groups excluding carboxylic acids is 1. The van der Waals surface area contributed by atoms with Gasteiger partial charge in [-0.3, -0.25) is 4.79 Å². The first-order chi connectivity index (χ1) is 12.7. The molecule has 3 heterocycles. The van der Waals surface area contributed by atoms with Crippen LogP contribution in [0.4, 0.5) is 0 Å². The minimum atomic E-state index is 0.114. The number of nitrogens with zero attached hydrogens (tertiary/aromatic N) is 4. The molecular formula is C20H27N5O. The lowest BCUT2D eigenvalue weighted by Gasteiger charge is -2.35. The van der Waals surface area contributed by atoms with Gasteiger partial charge in [-0.15, -0.1) is 10.2 Å². The Bertz CT molecular complexity index is 751. The van der Waals surface area contributed by atoms with Crippen molar-refractivity contribution in [1.82, 2.24) is 25.0 Å². The first-order valence-electron chi connectivity index (χ1n) is 9.68. The van der Waals surface area contributed by atoms with Gasteiger partial charge in [-0.2, -0.15) is 0 Å². The summed E-state index contributed by atoms with van der Waals surface area (Å²) < 4.78 is 2.24. The Morgan fingerprint density at radius 3 is 2.85 bits per heavy atom. The smallest absolute Gasteiger partial charge is 0.227 e. The summed E-state index contributed by atoms with van der Waals surface area (Å²) in [4.78, 5) is 14.8. The molecule has 1 saturated heterocycles. The number of benzene rings is 1. The summed E-state index contributed by atoms with van der Waals surface area (Å²) in [5, 5.41) is 12.2. The number of amides is 1. The Hall–Kier alpha value is -2.21. The number of rotatable bonds is 4. The lowest BCUT2D eigenvalue weighted by molar-refractivity contribution is -0.138. The van der Waals surface area contributed by atoms with Gasteiger partial charge in [0.2, 0.25) is 5.91 Å². The fraction of sp³-hybridized carbons (Fsp3) is 0.550. The molecule has 6 heteroatoms. The SMILES string of the molecule is C[C@H]1CN(C(=O)[C@H]2CCCNC2)Cc2nnc(CCc3ccccc3)n21. The molecule has 0 bridgehead atoms. The summed E-state index contributed by atoms with van der Waals surface area (Å²) in [6.07, 6.45) is 3.91. The number of nitrogens with one attached hydrogen (secondary N) is 1. The molecule has 1 aromatic carbocycles. The molecule has 0 saturated carbocycles. The van der Waals surface area contributed by atoms with E-state index in [0.29, 0.717) is 6.54 Å². The molecule has 2 aliphatic rings. The van der Waals surface area contributed by atoms with E-state index in [1.54, 1.807) is 0 Å². The number of aromatic nitrogens is 3. The highest BCUT2D eigenvalue weighted by Gasteiger charge is 2.32. The van der Waals surface area contributed by atoms with Crippen LogP contribution in [0.5, 0.6) is 0 Å². The molecular weight excluding hydrogens is 326 g/mol. The standard InChI is InChI=1S/C20H27N5O/c1-15-13-24(20(26)17-8-5-11-21-12-17)14-19-23-22-18(25(15)19)10-9-16-6-3-2-4-7-16/h2-4,6-7,15,17,21H,5,8-14H2,1H3/t15-,17-/m0/s1. The van der Waals surface area contributed by atoms with Gasteiger partial charge < -0.3 is 14.8 Å². The maximum Gasteiger partial charge on any atom is 0.227 e. The molecule has 138 valence electrons. The summed E-state index contributed by atoms with van der Waals surface area (Å²) >= 11 is 0. The molecule has 26 heavy (non-hydrogen) atoms. The van der Waals surface area contributed by atoms with Crippen LogP contribution >= 0.6 is 0 Å². The van der Waals surface area contributed by atoms with E-state index in [4.69, 9.17) is 0 Å². The third-order valence-electron chi connectivity index (χ3n) is 5.53. The van der Waals surface area contributed by atoms with E-state index < -0.39 is 0 Å². The van der Waals surface area contributed by atoms with Crippen molar-refractivity contribution >= 4 is 5.91 Å². The van der Waals surface area contributed by atoms with Crippen LogP contribution in [0.3, 0.4) is 0 Å². The van der Waals surface area contributed by atoms with Crippen LogP contribution in [0, 0.1) is 5.92 Å². The van der Waals surface area contributed by atoms with E-state index in [1.807, 2.05) is 11.0 Å². The number of piperidine rings is 1. The fourth-order valence-corrected chi connectivity index (χ4v) is 4.17. The number of hydrogen-bond donors (Lipinski definition) is 1. The number of carbonyl (C=O) groups is 1. The van der Waals surface area contributed by atoms with Crippen molar-refractivity contribution in [3.63, 3.8) is 0 Å². The predicted octanol–water partition coefficient (Wildman–Crippen LogP) is 1.97. The summed E-state index contributed by atoms with van der Waals surface area (Å²) in [7, 11) is 0. The second-order valence-corrected chi connectivity index (χ2v) is 7.50. The highest BCUT2D eigenvalue weighted by Crippen LogP contribution is 2.25. The van der Waals surface area contributed by atoms with E-state index in [1.165, 1.54) is 5.56 Å². The highest BCUT2D eigenvalue weighted by molar-refractivity contribution is 5.79. The van der Waals surface area contributed by atoms with Gasteiger partial charge in [0.15, 0.2) is 5.82 Å². The van der Waals surface area contributed by atoms with Gasteiger partial charge in [-0.1, -0.05) is 30.3 Å².